The van der Waals surface area contributed by atoms with Gasteiger partial charge in [-0.3, -0.25) is 4.79 Å². The minimum Gasteiger partial charge on any atom is -0.392 e. The Morgan fingerprint density at radius 2 is 1.90 bits per heavy atom. The van der Waals surface area contributed by atoms with E-state index in [4.69, 9.17) is 0 Å². The van der Waals surface area contributed by atoms with Crippen molar-refractivity contribution in [1.82, 2.24) is 14.9 Å². The van der Waals surface area contributed by atoms with Crippen LogP contribution in [0.2, 0.25) is 0 Å². The van der Waals surface area contributed by atoms with E-state index in [1.54, 1.807) is 0 Å². The molecule has 2 atom stereocenters. The normalized spacial score (nSPS) is 30.2. The molecule has 1 aromatic carbocycles. The number of carbonyl (C=O) groups is 1. The molecular weight excluding hydrogens is 374 g/mol. The molecule has 4 aliphatic rings. The van der Waals surface area contributed by atoms with Crippen molar-refractivity contribution >= 4 is 5.91 Å². The van der Waals surface area contributed by atoms with Crippen LogP contribution in [0.3, 0.4) is 0 Å². The maximum atomic E-state index is 12.9. The van der Waals surface area contributed by atoms with E-state index in [2.05, 4.69) is 53.0 Å². The lowest BCUT2D eigenvalue weighted by atomic mass is 9.51. The lowest BCUT2D eigenvalue weighted by Crippen LogP contribution is -2.54. The third-order valence-corrected chi connectivity index (χ3v) is 8.21. The second-order valence-electron chi connectivity index (χ2n) is 10.3. The Morgan fingerprint density at radius 1 is 1.20 bits per heavy atom. The zero-order chi connectivity index (χ0) is 20.9. The van der Waals surface area contributed by atoms with E-state index in [0.29, 0.717) is 12.3 Å². The molecule has 6 rings (SSSR count). The van der Waals surface area contributed by atoms with Gasteiger partial charge < -0.3 is 15.0 Å². The number of aliphatic hydroxyl groups excluding tert-OH is 1. The summed E-state index contributed by atoms with van der Waals surface area (Å²) in [6.07, 6.45) is 9.76. The van der Waals surface area contributed by atoms with E-state index in [-0.39, 0.29) is 28.9 Å². The molecule has 3 saturated carbocycles. The van der Waals surface area contributed by atoms with Gasteiger partial charge in [0, 0.05) is 17.5 Å². The van der Waals surface area contributed by atoms with Gasteiger partial charge >= 0.3 is 0 Å². The van der Waals surface area contributed by atoms with Crippen LogP contribution in [-0.4, -0.2) is 33.2 Å². The van der Waals surface area contributed by atoms with Crippen LogP contribution in [0.5, 0.6) is 0 Å². The first-order valence-electron chi connectivity index (χ1n) is 11.5. The molecule has 0 saturated heterocycles. The first-order valence-corrected chi connectivity index (χ1v) is 11.5. The zero-order valence-electron chi connectivity index (χ0n) is 18.1. The van der Waals surface area contributed by atoms with E-state index in [1.807, 2.05) is 12.5 Å². The van der Waals surface area contributed by atoms with Crippen molar-refractivity contribution in [2.45, 2.75) is 70.9 Å². The number of fused-ring (bicyclic) bond motifs is 6. The average molecular weight is 408 g/mol. The van der Waals surface area contributed by atoms with E-state index in [0.717, 1.165) is 50.8 Å². The molecule has 0 spiro atoms. The van der Waals surface area contributed by atoms with E-state index in [1.165, 1.54) is 11.1 Å². The van der Waals surface area contributed by atoms with Crippen LogP contribution in [0.15, 0.2) is 36.8 Å². The third-order valence-electron chi connectivity index (χ3n) is 8.21. The predicted molar refractivity (Wildman–Crippen MR) is 117 cm³/mol. The summed E-state index contributed by atoms with van der Waals surface area (Å²) in [6, 6.07) is 8.63. The molecule has 2 bridgehead atoms. The lowest BCUT2D eigenvalue weighted by Gasteiger charge is -2.54. The number of imidazole rings is 1. The molecule has 5 nitrogen and oxygen atoms in total. The van der Waals surface area contributed by atoms with Gasteiger partial charge in [-0.1, -0.05) is 38.1 Å². The van der Waals surface area contributed by atoms with Crippen molar-refractivity contribution in [1.29, 1.82) is 0 Å². The summed E-state index contributed by atoms with van der Waals surface area (Å²) in [4.78, 5) is 17.2. The van der Waals surface area contributed by atoms with Crippen LogP contribution < -0.4 is 5.32 Å². The molecule has 2 N–H and O–H groups in total. The summed E-state index contributed by atoms with van der Waals surface area (Å²) < 4.78 is 2.22. The highest BCUT2D eigenvalue weighted by atomic mass is 16.3. The molecular formula is C25H33N3O2. The molecule has 160 valence electrons. The number of hydrogen-bond acceptors (Lipinski definition) is 3. The van der Waals surface area contributed by atoms with Crippen LogP contribution in [-0.2, 0) is 4.79 Å². The van der Waals surface area contributed by atoms with Crippen molar-refractivity contribution < 1.29 is 9.90 Å². The smallest absolute Gasteiger partial charge is 0.226 e. The fraction of sp³-hybridized carbons (Fsp3) is 0.600. The molecule has 3 fully saturated rings. The quantitative estimate of drug-likeness (QED) is 0.749. The van der Waals surface area contributed by atoms with Gasteiger partial charge in [0.25, 0.3) is 0 Å². The Kier molecular flexibility index (Phi) is 4.77. The van der Waals surface area contributed by atoms with Crippen molar-refractivity contribution in [2.75, 3.05) is 6.54 Å². The topological polar surface area (TPSA) is 67.2 Å². The Labute approximate surface area is 178 Å². The number of amides is 1. The number of rotatable bonds is 6. The fourth-order valence-electron chi connectivity index (χ4n) is 6.17. The highest BCUT2D eigenvalue weighted by Crippen LogP contribution is 2.59. The van der Waals surface area contributed by atoms with Gasteiger partial charge in [0.05, 0.1) is 30.4 Å². The average Bonchev–Trinajstić information content (AvgIpc) is 3.36. The van der Waals surface area contributed by atoms with Crippen LogP contribution in [0.1, 0.15) is 70.4 Å². The van der Waals surface area contributed by atoms with Gasteiger partial charge in [-0.05, 0) is 61.8 Å². The molecule has 1 aliphatic heterocycles. The largest absolute Gasteiger partial charge is 0.392 e. The van der Waals surface area contributed by atoms with Crippen LogP contribution in [0.4, 0.5) is 0 Å². The number of benzene rings is 1. The Bertz CT molecular complexity index is 923. The van der Waals surface area contributed by atoms with Crippen LogP contribution >= 0.6 is 0 Å². The van der Waals surface area contributed by atoms with Crippen molar-refractivity contribution in [2.24, 2.45) is 16.7 Å². The number of aliphatic hydroxyl groups is 1. The Hall–Kier alpha value is -2.14. The number of carbonyl (C=O) groups excluding carboxylic acids is 1. The van der Waals surface area contributed by atoms with Gasteiger partial charge in [0.15, 0.2) is 0 Å². The van der Waals surface area contributed by atoms with E-state index >= 15 is 0 Å². The van der Waals surface area contributed by atoms with Crippen molar-refractivity contribution in [3.8, 4) is 11.3 Å². The van der Waals surface area contributed by atoms with E-state index < -0.39 is 0 Å². The summed E-state index contributed by atoms with van der Waals surface area (Å²) in [5, 5.41) is 14.6. The molecule has 5 heteroatoms. The van der Waals surface area contributed by atoms with Gasteiger partial charge in [-0.2, -0.15) is 0 Å². The first-order chi connectivity index (χ1) is 14.4. The van der Waals surface area contributed by atoms with Crippen molar-refractivity contribution in [3.05, 3.63) is 42.4 Å². The molecule has 30 heavy (non-hydrogen) atoms. The SMILES string of the molecule is CC(C)CNC(=O)C12CCC(C(O)CC3c4ccccc4-c4cncn43)(CC1)CC2. The molecule has 0 radical (unpaired) electrons. The minimum atomic E-state index is -0.360. The summed E-state index contributed by atoms with van der Waals surface area (Å²) in [7, 11) is 0. The summed E-state index contributed by atoms with van der Waals surface area (Å²) in [6.45, 7) is 5.02. The van der Waals surface area contributed by atoms with Gasteiger partial charge in [-0.15, -0.1) is 0 Å². The summed E-state index contributed by atoms with van der Waals surface area (Å²) in [5.41, 5.74) is 3.43. The Balaban J connectivity index is 1.30. The number of hydrogen-bond donors (Lipinski definition) is 2. The molecule has 1 aromatic heterocycles. The first kappa shape index (κ1) is 19.8. The number of nitrogens with zero attached hydrogens (tertiary/aromatic N) is 2. The standard InChI is InChI=1S/C25H33N3O2/c1-17(2)14-27-23(30)25-10-7-24(8-11-25,9-12-25)22(29)13-20-18-5-3-4-6-19(18)21-15-26-16-28(20)21/h3-6,15-17,20,22,29H,7-14H2,1-2H3,(H,27,30). The van der Waals surface area contributed by atoms with Crippen molar-refractivity contribution in [3.63, 3.8) is 0 Å². The molecule has 2 heterocycles. The summed E-state index contributed by atoms with van der Waals surface area (Å²) >= 11 is 0. The fourth-order valence-corrected chi connectivity index (χ4v) is 6.17. The van der Waals surface area contributed by atoms with Gasteiger partial charge in [0.2, 0.25) is 5.91 Å². The zero-order valence-corrected chi connectivity index (χ0v) is 18.1. The number of aromatic nitrogens is 2. The lowest BCUT2D eigenvalue weighted by molar-refractivity contribution is -0.148. The van der Waals surface area contributed by atoms with E-state index in [9.17, 15) is 9.90 Å². The predicted octanol–water partition coefficient (Wildman–Crippen LogP) is 4.32. The van der Waals surface area contributed by atoms with Gasteiger partial charge in [0.1, 0.15) is 0 Å². The molecule has 2 unspecified atom stereocenters. The second kappa shape index (κ2) is 7.23. The van der Waals surface area contributed by atoms with Gasteiger partial charge in [-0.25, -0.2) is 4.98 Å². The minimum absolute atomic E-state index is 0.0433. The summed E-state index contributed by atoms with van der Waals surface area (Å²) in [5.74, 6) is 0.715. The second-order valence-corrected chi connectivity index (χ2v) is 10.3. The third kappa shape index (κ3) is 3.01. The monoisotopic (exact) mass is 407 g/mol. The molecule has 3 aliphatic carbocycles. The maximum absolute atomic E-state index is 12.9. The highest BCUT2D eigenvalue weighted by Gasteiger charge is 2.55. The number of nitrogens with one attached hydrogen (secondary N) is 1. The van der Waals surface area contributed by atoms with Crippen LogP contribution in [0.25, 0.3) is 11.3 Å². The highest BCUT2D eigenvalue weighted by molar-refractivity contribution is 5.83. The molecule has 2 aromatic rings. The maximum Gasteiger partial charge on any atom is 0.226 e. The molecule has 1 amide bonds. The Morgan fingerprint density at radius 3 is 2.60 bits per heavy atom. The van der Waals surface area contributed by atoms with Crippen LogP contribution in [0, 0.1) is 16.7 Å².